The molecule has 0 saturated carbocycles. The van der Waals surface area contributed by atoms with Crippen molar-refractivity contribution in [2.45, 2.75) is 94.9 Å². The molecule has 3 rings (SSSR count). The van der Waals surface area contributed by atoms with E-state index in [4.69, 9.17) is 0 Å². The molecule has 0 N–H and O–H groups in total. The summed E-state index contributed by atoms with van der Waals surface area (Å²) in [5, 5.41) is 0. The van der Waals surface area contributed by atoms with Crippen molar-refractivity contribution in [3.63, 3.8) is 0 Å². The summed E-state index contributed by atoms with van der Waals surface area (Å²) in [6, 6.07) is 26.7. The van der Waals surface area contributed by atoms with Crippen LogP contribution in [0, 0.1) is 0 Å². The van der Waals surface area contributed by atoms with E-state index < -0.39 is 0 Å². The van der Waals surface area contributed by atoms with Crippen molar-refractivity contribution in [2.24, 2.45) is 0 Å². The molecule has 0 atom stereocenters. The van der Waals surface area contributed by atoms with Crippen molar-refractivity contribution in [1.29, 1.82) is 0 Å². The van der Waals surface area contributed by atoms with Crippen LogP contribution in [0.3, 0.4) is 0 Å². The quantitative estimate of drug-likeness (QED) is 0.384. The summed E-state index contributed by atoms with van der Waals surface area (Å²) in [7, 11) is 0. The van der Waals surface area contributed by atoms with E-state index in [1.165, 1.54) is 33.4 Å². The molecule has 0 radical (unpaired) electrons. The van der Waals surface area contributed by atoms with Crippen molar-refractivity contribution in [1.82, 2.24) is 0 Å². The molecular formula is C32H50. The SMILES string of the molecule is CC.CC.CC.CC.CCc1ccc(-c2ccc(-c3ccc(C(C)(C)C)cc3)cc2)cc1. The zero-order valence-corrected chi connectivity index (χ0v) is 23.1. The normalized spacial score (nSPS) is 9.38. The molecule has 0 saturated heterocycles. The van der Waals surface area contributed by atoms with Crippen LogP contribution < -0.4 is 0 Å². The summed E-state index contributed by atoms with van der Waals surface area (Å²) in [6.45, 7) is 24.9. The summed E-state index contributed by atoms with van der Waals surface area (Å²) in [5.41, 5.74) is 8.05. The summed E-state index contributed by atoms with van der Waals surface area (Å²) < 4.78 is 0. The molecule has 0 amide bonds. The molecule has 0 heteroatoms. The van der Waals surface area contributed by atoms with Gasteiger partial charge in [0.1, 0.15) is 0 Å². The van der Waals surface area contributed by atoms with Gasteiger partial charge in [0, 0.05) is 0 Å². The molecule has 0 bridgehead atoms. The molecular weight excluding hydrogens is 384 g/mol. The van der Waals surface area contributed by atoms with Crippen molar-refractivity contribution in [3.8, 4) is 22.3 Å². The lowest BCUT2D eigenvalue weighted by Crippen LogP contribution is -2.10. The second kappa shape index (κ2) is 18.3. The van der Waals surface area contributed by atoms with E-state index in [0.29, 0.717) is 0 Å². The average molecular weight is 435 g/mol. The molecule has 0 aromatic heterocycles. The Morgan fingerprint density at radius 3 is 0.938 bits per heavy atom. The lowest BCUT2D eigenvalue weighted by molar-refractivity contribution is 0.590. The number of benzene rings is 3. The van der Waals surface area contributed by atoms with Crippen LogP contribution in [0.4, 0.5) is 0 Å². The Bertz CT molecular complexity index is 783. The summed E-state index contributed by atoms with van der Waals surface area (Å²) >= 11 is 0. The second-order valence-corrected chi connectivity index (χ2v) is 7.46. The first-order valence-electron chi connectivity index (χ1n) is 12.8. The number of aryl methyl sites for hydroxylation is 1. The van der Waals surface area contributed by atoms with Crippen LogP contribution in [-0.2, 0) is 11.8 Å². The minimum atomic E-state index is 0.201. The third-order valence-corrected chi connectivity index (χ3v) is 4.66. The van der Waals surface area contributed by atoms with E-state index in [2.05, 4.69) is 100 Å². The summed E-state index contributed by atoms with van der Waals surface area (Å²) in [5.74, 6) is 0. The highest BCUT2D eigenvalue weighted by atomic mass is 14.2. The molecule has 0 fully saturated rings. The van der Waals surface area contributed by atoms with Gasteiger partial charge in [-0.2, -0.15) is 0 Å². The van der Waals surface area contributed by atoms with Crippen LogP contribution in [0.15, 0.2) is 72.8 Å². The molecule has 0 aliphatic rings. The van der Waals surface area contributed by atoms with Crippen molar-refractivity contribution in [2.75, 3.05) is 0 Å². The Kier molecular flexibility index (Phi) is 18.2. The molecule has 0 spiro atoms. The largest absolute Gasteiger partial charge is 0.0683 e. The second-order valence-electron chi connectivity index (χ2n) is 7.46. The van der Waals surface area contributed by atoms with E-state index >= 15 is 0 Å². The van der Waals surface area contributed by atoms with Crippen molar-refractivity contribution < 1.29 is 0 Å². The summed E-state index contributed by atoms with van der Waals surface area (Å²) in [6.07, 6.45) is 1.09. The molecule has 32 heavy (non-hydrogen) atoms. The Balaban J connectivity index is 0. The maximum absolute atomic E-state index is 2.25. The number of rotatable bonds is 3. The monoisotopic (exact) mass is 434 g/mol. The van der Waals surface area contributed by atoms with Crippen LogP contribution in [0.1, 0.15) is 94.2 Å². The van der Waals surface area contributed by atoms with Gasteiger partial charge >= 0.3 is 0 Å². The van der Waals surface area contributed by atoms with E-state index in [1.54, 1.807) is 0 Å². The fourth-order valence-corrected chi connectivity index (χ4v) is 2.95. The standard InChI is InChI=1S/C24H26.4C2H6/c1-5-18-6-8-19(9-7-18)20-10-12-21(13-11-20)22-14-16-23(17-15-22)24(2,3)4;4*1-2/h6-17H,5H2,1-4H3;4*1-2H3. The van der Waals surface area contributed by atoms with E-state index in [0.717, 1.165) is 6.42 Å². The van der Waals surface area contributed by atoms with E-state index in [1.807, 2.05) is 55.4 Å². The lowest BCUT2D eigenvalue weighted by atomic mass is 9.86. The fourth-order valence-electron chi connectivity index (χ4n) is 2.95. The minimum Gasteiger partial charge on any atom is -0.0683 e. The Labute approximate surface area is 201 Å². The lowest BCUT2D eigenvalue weighted by Gasteiger charge is -2.19. The number of hydrogen-bond acceptors (Lipinski definition) is 0. The van der Waals surface area contributed by atoms with Gasteiger partial charge < -0.3 is 0 Å². The van der Waals surface area contributed by atoms with Gasteiger partial charge in [-0.25, -0.2) is 0 Å². The maximum atomic E-state index is 2.25. The smallest absolute Gasteiger partial charge is 0.0132 e. The van der Waals surface area contributed by atoms with Crippen molar-refractivity contribution in [3.05, 3.63) is 83.9 Å². The van der Waals surface area contributed by atoms with Crippen LogP contribution in [-0.4, -0.2) is 0 Å². The zero-order valence-electron chi connectivity index (χ0n) is 23.1. The Hall–Kier alpha value is -2.34. The third kappa shape index (κ3) is 10.3. The first-order chi connectivity index (χ1) is 15.5. The average Bonchev–Trinajstić information content (AvgIpc) is 2.88. The van der Waals surface area contributed by atoms with Crippen LogP contribution in [0.5, 0.6) is 0 Å². The predicted molar refractivity (Wildman–Crippen MR) is 151 cm³/mol. The molecule has 178 valence electrons. The van der Waals surface area contributed by atoms with Gasteiger partial charge in [-0.3, -0.25) is 0 Å². The molecule has 0 aliphatic heterocycles. The molecule has 0 heterocycles. The van der Waals surface area contributed by atoms with Gasteiger partial charge in [-0.1, -0.05) is 156 Å². The number of hydrogen-bond donors (Lipinski definition) is 0. The van der Waals surface area contributed by atoms with Gasteiger partial charge in [0.05, 0.1) is 0 Å². The molecule has 3 aromatic rings. The molecule has 3 aromatic carbocycles. The highest BCUT2D eigenvalue weighted by Crippen LogP contribution is 2.28. The molecule has 0 unspecified atom stereocenters. The van der Waals surface area contributed by atoms with Gasteiger partial charge in [0.25, 0.3) is 0 Å². The summed E-state index contributed by atoms with van der Waals surface area (Å²) in [4.78, 5) is 0. The highest BCUT2D eigenvalue weighted by Gasteiger charge is 2.13. The fraction of sp³-hybridized carbons (Fsp3) is 0.438. The first kappa shape index (κ1) is 31.8. The Morgan fingerprint density at radius 1 is 0.438 bits per heavy atom. The van der Waals surface area contributed by atoms with Crippen LogP contribution >= 0.6 is 0 Å². The topological polar surface area (TPSA) is 0 Å². The van der Waals surface area contributed by atoms with Gasteiger partial charge in [0.2, 0.25) is 0 Å². The highest BCUT2D eigenvalue weighted by molar-refractivity contribution is 5.70. The van der Waals surface area contributed by atoms with Crippen LogP contribution in [0.2, 0.25) is 0 Å². The minimum absolute atomic E-state index is 0.201. The van der Waals surface area contributed by atoms with Gasteiger partial charge in [0.15, 0.2) is 0 Å². The van der Waals surface area contributed by atoms with Crippen molar-refractivity contribution >= 4 is 0 Å². The zero-order chi connectivity index (χ0) is 25.2. The van der Waals surface area contributed by atoms with E-state index in [-0.39, 0.29) is 5.41 Å². The predicted octanol–water partition coefficient (Wildman–Crippen LogP) is 11.0. The van der Waals surface area contributed by atoms with E-state index in [9.17, 15) is 0 Å². The molecule has 0 aliphatic carbocycles. The first-order valence-corrected chi connectivity index (χ1v) is 12.8. The third-order valence-electron chi connectivity index (χ3n) is 4.66. The maximum Gasteiger partial charge on any atom is -0.0132 e. The van der Waals surface area contributed by atoms with Gasteiger partial charge in [-0.15, -0.1) is 0 Å². The van der Waals surface area contributed by atoms with Gasteiger partial charge in [-0.05, 0) is 45.2 Å². The van der Waals surface area contributed by atoms with Crippen LogP contribution in [0.25, 0.3) is 22.3 Å². The Morgan fingerprint density at radius 2 is 0.688 bits per heavy atom. The molecule has 0 nitrogen and oxygen atoms in total.